The Morgan fingerprint density at radius 3 is 2.17 bits per heavy atom. The second kappa shape index (κ2) is 5.75. The van der Waals surface area contributed by atoms with E-state index in [4.69, 9.17) is 34.8 Å². The maximum absolute atomic E-state index is 12.2. The summed E-state index contributed by atoms with van der Waals surface area (Å²) >= 11 is 17.9. The molecule has 0 aromatic heterocycles. The van der Waals surface area contributed by atoms with Crippen molar-refractivity contribution < 1.29 is 4.79 Å². The fourth-order valence-corrected chi connectivity index (χ4v) is 2.51. The van der Waals surface area contributed by atoms with E-state index in [9.17, 15) is 4.79 Å². The fourth-order valence-electron chi connectivity index (χ4n) is 1.68. The third-order valence-corrected chi connectivity index (χ3v) is 3.36. The topological polar surface area (TPSA) is 17.1 Å². The van der Waals surface area contributed by atoms with E-state index in [1.54, 1.807) is 36.4 Å². The van der Waals surface area contributed by atoms with Crippen molar-refractivity contribution in [2.75, 3.05) is 0 Å². The van der Waals surface area contributed by atoms with Crippen molar-refractivity contribution >= 4 is 40.6 Å². The normalized spacial score (nSPS) is 10.4. The second-order valence-electron chi connectivity index (χ2n) is 3.83. The first-order chi connectivity index (χ1) is 8.58. The molecule has 0 bridgehead atoms. The SMILES string of the molecule is O=C(Cc1cccc(Cl)c1)c1c(Cl)cccc1Cl. The van der Waals surface area contributed by atoms with Crippen LogP contribution in [0.25, 0.3) is 0 Å². The quantitative estimate of drug-likeness (QED) is 0.723. The number of hydrogen-bond acceptors (Lipinski definition) is 1. The molecule has 0 heterocycles. The van der Waals surface area contributed by atoms with Gasteiger partial charge in [0.2, 0.25) is 0 Å². The van der Waals surface area contributed by atoms with E-state index in [1.807, 2.05) is 6.07 Å². The minimum Gasteiger partial charge on any atom is -0.294 e. The van der Waals surface area contributed by atoms with Crippen LogP contribution in [0, 0.1) is 0 Å². The van der Waals surface area contributed by atoms with Crippen LogP contribution in [0.3, 0.4) is 0 Å². The van der Waals surface area contributed by atoms with Crippen LogP contribution in [0.2, 0.25) is 15.1 Å². The Kier molecular flexibility index (Phi) is 4.28. The lowest BCUT2D eigenvalue weighted by molar-refractivity contribution is 0.0993. The monoisotopic (exact) mass is 298 g/mol. The van der Waals surface area contributed by atoms with E-state index in [-0.39, 0.29) is 12.2 Å². The summed E-state index contributed by atoms with van der Waals surface area (Å²) in [6, 6.07) is 12.2. The first kappa shape index (κ1) is 13.4. The van der Waals surface area contributed by atoms with Crippen LogP contribution in [0.5, 0.6) is 0 Å². The van der Waals surface area contributed by atoms with Gasteiger partial charge in [0.15, 0.2) is 5.78 Å². The number of carbonyl (C=O) groups is 1. The molecule has 0 aliphatic heterocycles. The Bertz CT molecular complexity index is 573. The van der Waals surface area contributed by atoms with Gasteiger partial charge in [-0.3, -0.25) is 4.79 Å². The standard InChI is InChI=1S/C14H9Cl3O/c15-10-4-1-3-9(7-10)8-13(18)14-11(16)5-2-6-12(14)17/h1-7H,8H2. The molecule has 2 aromatic rings. The van der Waals surface area contributed by atoms with Crippen LogP contribution in [0.1, 0.15) is 15.9 Å². The zero-order valence-corrected chi connectivity index (χ0v) is 11.6. The molecule has 0 aliphatic rings. The maximum Gasteiger partial charge on any atom is 0.170 e. The molecule has 0 atom stereocenters. The van der Waals surface area contributed by atoms with E-state index >= 15 is 0 Å². The molecular formula is C14H9Cl3O. The largest absolute Gasteiger partial charge is 0.294 e. The van der Waals surface area contributed by atoms with Crippen LogP contribution < -0.4 is 0 Å². The first-order valence-electron chi connectivity index (χ1n) is 5.29. The van der Waals surface area contributed by atoms with Crippen LogP contribution in [0.4, 0.5) is 0 Å². The lowest BCUT2D eigenvalue weighted by Crippen LogP contribution is -2.05. The van der Waals surface area contributed by atoms with Gasteiger partial charge in [-0.15, -0.1) is 0 Å². The minimum absolute atomic E-state index is 0.118. The van der Waals surface area contributed by atoms with Crippen LogP contribution in [-0.4, -0.2) is 5.78 Å². The molecule has 0 unspecified atom stereocenters. The van der Waals surface area contributed by atoms with Gasteiger partial charge in [-0.1, -0.05) is 53.0 Å². The Morgan fingerprint density at radius 2 is 1.56 bits per heavy atom. The highest BCUT2D eigenvalue weighted by Crippen LogP contribution is 2.26. The van der Waals surface area contributed by atoms with Gasteiger partial charge in [0, 0.05) is 11.4 Å². The van der Waals surface area contributed by atoms with Crippen molar-refractivity contribution in [2.45, 2.75) is 6.42 Å². The van der Waals surface area contributed by atoms with Crippen LogP contribution >= 0.6 is 34.8 Å². The highest BCUT2D eigenvalue weighted by molar-refractivity contribution is 6.39. The molecule has 1 nitrogen and oxygen atoms in total. The summed E-state index contributed by atoms with van der Waals surface area (Å²) in [6.07, 6.45) is 0.226. The summed E-state index contributed by atoms with van der Waals surface area (Å²) in [5.41, 5.74) is 1.20. The Morgan fingerprint density at radius 1 is 0.944 bits per heavy atom. The van der Waals surface area contributed by atoms with Crippen LogP contribution in [0.15, 0.2) is 42.5 Å². The number of rotatable bonds is 3. The highest BCUT2D eigenvalue weighted by Gasteiger charge is 2.14. The maximum atomic E-state index is 12.2. The molecule has 0 fully saturated rings. The molecule has 2 aromatic carbocycles. The van der Waals surface area contributed by atoms with Crippen molar-refractivity contribution in [3.05, 3.63) is 68.7 Å². The molecule has 2 rings (SSSR count). The number of benzene rings is 2. The summed E-state index contributed by atoms with van der Waals surface area (Å²) in [7, 11) is 0. The first-order valence-corrected chi connectivity index (χ1v) is 6.43. The second-order valence-corrected chi connectivity index (χ2v) is 5.08. The van der Waals surface area contributed by atoms with Crippen molar-refractivity contribution in [2.24, 2.45) is 0 Å². The van der Waals surface area contributed by atoms with Crippen molar-refractivity contribution in [3.63, 3.8) is 0 Å². The van der Waals surface area contributed by atoms with Crippen molar-refractivity contribution in [3.8, 4) is 0 Å². The van der Waals surface area contributed by atoms with E-state index in [2.05, 4.69) is 0 Å². The van der Waals surface area contributed by atoms with Gasteiger partial charge in [-0.05, 0) is 29.8 Å². The Labute approximate surface area is 120 Å². The average Bonchev–Trinajstić information content (AvgIpc) is 2.28. The summed E-state index contributed by atoms with van der Waals surface area (Å²) in [5.74, 6) is -0.118. The zero-order valence-electron chi connectivity index (χ0n) is 9.29. The van der Waals surface area contributed by atoms with Crippen LogP contribution in [-0.2, 0) is 6.42 Å². The number of Topliss-reactive ketones (excluding diaryl/α,β-unsaturated/α-hetero) is 1. The molecule has 4 heteroatoms. The third-order valence-electron chi connectivity index (χ3n) is 2.50. The highest BCUT2D eigenvalue weighted by atomic mass is 35.5. The molecule has 0 saturated carbocycles. The molecular weight excluding hydrogens is 291 g/mol. The van der Waals surface area contributed by atoms with E-state index in [0.29, 0.717) is 20.6 Å². The molecule has 0 saturated heterocycles. The van der Waals surface area contributed by atoms with Gasteiger partial charge in [0.1, 0.15) is 0 Å². The molecule has 0 aliphatic carbocycles. The average molecular weight is 300 g/mol. The molecule has 92 valence electrons. The van der Waals surface area contributed by atoms with Gasteiger partial charge >= 0.3 is 0 Å². The molecule has 18 heavy (non-hydrogen) atoms. The van der Waals surface area contributed by atoms with E-state index in [1.165, 1.54) is 0 Å². The van der Waals surface area contributed by atoms with E-state index < -0.39 is 0 Å². The van der Waals surface area contributed by atoms with Gasteiger partial charge in [-0.2, -0.15) is 0 Å². The Hall–Kier alpha value is -1.02. The van der Waals surface area contributed by atoms with Gasteiger partial charge in [0.05, 0.1) is 15.6 Å². The molecule has 0 radical (unpaired) electrons. The van der Waals surface area contributed by atoms with Crippen molar-refractivity contribution in [1.82, 2.24) is 0 Å². The minimum atomic E-state index is -0.118. The lowest BCUT2D eigenvalue weighted by atomic mass is 10.0. The van der Waals surface area contributed by atoms with Gasteiger partial charge in [-0.25, -0.2) is 0 Å². The fraction of sp³-hybridized carbons (Fsp3) is 0.0714. The number of ketones is 1. The zero-order chi connectivity index (χ0) is 13.1. The molecule has 0 N–H and O–H groups in total. The van der Waals surface area contributed by atoms with Crippen molar-refractivity contribution in [1.29, 1.82) is 0 Å². The Balaban J connectivity index is 2.28. The van der Waals surface area contributed by atoms with Gasteiger partial charge in [0.25, 0.3) is 0 Å². The number of carbonyl (C=O) groups excluding carboxylic acids is 1. The summed E-state index contributed by atoms with van der Waals surface area (Å²) in [4.78, 5) is 12.2. The summed E-state index contributed by atoms with van der Waals surface area (Å²) in [6.45, 7) is 0. The number of halogens is 3. The van der Waals surface area contributed by atoms with E-state index in [0.717, 1.165) is 5.56 Å². The lowest BCUT2D eigenvalue weighted by Gasteiger charge is -2.06. The predicted molar refractivity (Wildman–Crippen MR) is 75.9 cm³/mol. The summed E-state index contributed by atoms with van der Waals surface area (Å²) in [5, 5.41) is 1.34. The third kappa shape index (κ3) is 3.05. The molecule has 0 amide bonds. The number of hydrogen-bond donors (Lipinski definition) is 0. The van der Waals surface area contributed by atoms with Gasteiger partial charge < -0.3 is 0 Å². The molecule has 0 spiro atoms. The predicted octanol–water partition coefficient (Wildman–Crippen LogP) is 5.07. The summed E-state index contributed by atoms with van der Waals surface area (Å²) < 4.78 is 0. The smallest absolute Gasteiger partial charge is 0.170 e.